The van der Waals surface area contributed by atoms with E-state index in [1.165, 1.54) is 23.1 Å². The van der Waals surface area contributed by atoms with Crippen molar-refractivity contribution >= 4 is 18.0 Å². The van der Waals surface area contributed by atoms with Gasteiger partial charge in [0.1, 0.15) is 12.1 Å². The molecule has 0 heterocycles. The van der Waals surface area contributed by atoms with Crippen molar-refractivity contribution in [2.75, 3.05) is 13.7 Å². The molecule has 0 spiro atoms. The largest absolute Gasteiger partial charge is 0.479 e. The molecule has 1 saturated carbocycles. The molecule has 1 fully saturated rings. The maximum atomic E-state index is 12.8. The zero-order valence-corrected chi connectivity index (χ0v) is 18.4. The third-order valence-electron chi connectivity index (χ3n) is 7.12. The molecule has 5 rings (SSSR count). The third kappa shape index (κ3) is 3.67. The van der Waals surface area contributed by atoms with Crippen LogP contribution in [-0.4, -0.2) is 53.2 Å². The molecule has 0 saturated heterocycles. The van der Waals surface area contributed by atoms with Crippen molar-refractivity contribution in [1.29, 1.82) is 0 Å². The summed E-state index contributed by atoms with van der Waals surface area (Å²) < 4.78 is 5.59. The van der Waals surface area contributed by atoms with E-state index in [0.29, 0.717) is 31.3 Å². The van der Waals surface area contributed by atoms with Gasteiger partial charge in [-0.15, -0.1) is 0 Å². The fraction of sp³-hybridized carbons (Fsp3) is 0.346. The topological polar surface area (TPSA) is 95.9 Å². The van der Waals surface area contributed by atoms with Crippen molar-refractivity contribution in [3.05, 3.63) is 71.3 Å². The number of benzene rings is 2. The minimum atomic E-state index is -1.07. The summed E-state index contributed by atoms with van der Waals surface area (Å²) in [5, 5.41) is 12.3. The van der Waals surface area contributed by atoms with Crippen LogP contribution in [0.15, 0.2) is 60.2 Å². The summed E-state index contributed by atoms with van der Waals surface area (Å²) in [5.41, 5.74) is 4.10. The van der Waals surface area contributed by atoms with Gasteiger partial charge in [0.25, 0.3) is 0 Å². The first-order valence-corrected chi connectivity index (χ1v) is 11.2. The van der Waals surface area contributed by atoms with Gasteiger partial charge in [0.05, 0.1) is 0 Å². The van der Waals surface area contributed by atoms with Gasteiger partial charge in [0.2, 0.25) is 5.91 Å². The van der Waals surface area contributed by atoms with E-state index in [-0.39, 0.29) is 24.5 Å². The predicted octanol–water partition coefficient (Wildman–Crippen LogP) is 3.69. The zero-order chi connectivity index (χ0) is 23.2. The molecule has 33 heavy (non-hydrogen) atoms. The molecule has 2 aromatic rings. The number of nitrogens with zero attached hydrogens (tertiary/aromatic N) is 1. The summed E-state index contributed by atoms with van der Waals surface area (Å²) >= 11 is 0. The van der Waals surface area contributed by atoms with E-state index in [0.717, 1.165) is 11.1 Å². The first kappa shape index (κ1) is 21.2. The van der Waals surface area contributed by atoms with E-state index >= 15 is 0 Å². The molecule has 0 radical (unpaired) electrons. The average molecular weight is 447 g/mol. The fourth-order valence-corrected chi connectivity index (χ4v) is 5.03. The lowest BCUT2D eigenvalue weighted by molar-refractivity contribution is -0.149. The number of carbonyl (C=O) groups excluding carboxylic acids is 2. The van der Waals surface area contributed by atoms with Gasteiger partial charge in [-0.05, 0) is 47.9 Å². The average Bonchev–Trinajstić information content (AvgIpc) is 3.41. The molecular formula is C26H26N2O5. The third-order valence-corrected chi connectivity index (χ3v) is 7.12. The quantitative estimate of drug-likeness (QED) is 0.706. The first-order valence-electron chi connectivity index (χ1n) is 11.2. The van der Waals surface area contributed by atoms with Crippen molar-refractivity contribution in [1.82, 2.24) is 10.2 Å². The molecule has 0 bridgehead atoms. The maximum absolute atomic E-state index is 12.8. The number of rotatable bonds is 6. The van der Waals surface area contributed by atoms with Gasteiger partial charge in [-0.2, -0.15) is 0 Å². The Morgan fingerprint density at radius 3 is 2.24 bits per heavy atom. The number of nitrogens with one attached hydrogen (secondary N) is 1. The number of amides is 2. The van der Waals surface area contributed by atoms with Crippen LogP contribution in [-0.2, 0) is 14.3 Å². The molecule has 7 heteroatoms. The number of carbonyl (C=O) groups is 3. The number of hydrogen-bond acceptors (Lipinski definition) is 4. The van der Waals surface area contributed by atoms with Gasteiger partial charge in [0, 0.05) is 24.6 Å². The van der Waals surface area contributed by atoms with Gasteiger partial charge in [-0.25, -0.2) is 9.59 Å². The molecule has 0 aliphatic heterocycles. The molecule has 2 aromatic carbocycles. The Bertz CT molecular complexity index is 1120. The summed E-state index contributed by atoms with van der Waals surface area (Å²) in [6.45, 7) is 0.232. The normalized spacial score (nSPS) is 19.8. The van der Waals surface area contributed by atoms with Gasteiger partial charge < -0.3 is 20.1 Å². The van der Waals surface area contributed by atoms with Crippen molar-refractivity contribution in [3.63, 3.8) is 0 Å². The van der Waals surface area contributed by atoms with Gasteiger partial charge >= 0.3 is 12.1 Å². The van der Waals surface area contributed by atoms with Crippen LogP contribution in [0.1, 0.15) is 42.7 Å². The number of likely N-dealkylation sites (N-methyl/N-ethyl adjacent to an activating group) is 1. The lowest BCUT2D eigenvalue weighted by Crippen LogP contribution is -2.45. The second-order valence-electron chi connectivity index (χ2n) is 9.04. The summed E-state index contributed by atoms with van der Waals surface area (Å²) in [6, 6.07) is 16.1. The number of carboxylic acids is 1. The predicted molar refractivity (Wildman–Crippen MR) is 122 cm³/mol. The minimum absolute atomic E-state index is 0.0126. The standard InChI is InChI=1S/C26H26N2O5/c1-28(26(12-13-26)24(30)31)23(29)16-10-11-17(14-16)27-25(32)33-15-22-20-8-4-2-6-18(20)19-7-3-5-9-21(19)22/h2-10,17,22H,11-15H2,1H3,(H,27,32)(H,30,31). The van der Waals surface area contributed by atoms with E-state index in [1.54, 1.807) is 6.08 Å². The van der Waals surface area contributed by atoms with Crippen molar-refractivity contribution in [2.24, 2.45) is 0 Å². The number of aliphatic carboxylic acids is 1. The van der Waals surface area contributed by atoms with Crippen molar-refractivity contribution in [3.8, 4) is 11.1 Å². The molecule has 0 aromatic heterocycles. The number of hydrogen-bond donors (Lipinski definition) is 2. The van der Waals surface area contributed by atoms with E-state index in [1.807, 2.05) is 24.3 Å². The second kappa shape index (κ2) is 8.06. The number of carboxylic acid groups (broad SMARTS) is 1. The molecule has 3 aliphatic rings. The maximum Gasteiger partial charge on any atom is 0.407 e. The number of ether oxygens (including phenoxy) is 1. The summed E-state index contributed by atoms with van der Waals surface area (Å²) in [7, 11) is 1.54. The summed E-state index contributed by atoms with van der Waals surface area (Å²) in [4.78, 5) is 38.1. The Labute approximate surface area is 192 Å². The molecule has 1 atom stereocenters. The highest BCUT2D eigenvalue weighted by atomic mass is 16.5. The first-order chi connectivity index (χ1) is 15.9. The Kier molecular flexibility index (Phi) is 5.19. The minimum Gasteiger partial charge on any atom is -0.479 e. The van der Waals surface area contributed by atoms with Crippen LogP contribution in [0.25, 0.3) is 11.1 Å². The lowest BCUT2D eigenvalue weighted by Gasteiger charge is -2.25. The number of alkyl carbamates (subject to hydrolysis) is 1. The van der Waals surface area contributed by atoms with Crippen LogP contribution < -0.4 is 5.32 Å². The zero-order valence-electron chi connectivity index (χ0n) is 18.4. The van der Waals surface area contributed by atoms with Gasteiger partial charge in [0.15, 0.2) is 0 Å². The molecule has 2 amide bonds. The van der Waals surface area contributed by atoms with Gasteiger partial charge in [-0.3, -0.25) is 4.79 Å². The van der Waals surface area contributed by atoms with Crippen molar-refractivity contribution in [2.45, 2.75) is 43.2 Å². The fourth-order valence-electron chi connectivity index (χ4n) is 5.03. The van der Waals surface area contributed by atoms with E-state index in [9.17, 15) is 19.5 Å². The molecule has 7 nitrogen and oxygen atoms in total. The van der Waals surface area contributed by atoms with Crippen LogP contribution >= 0.6 is 0 Å². The molecule has 1 unspecified atom stereocenters. The monoisotopic (exact) mass is 446 g/mol. The number of fused-ring (bicyclic) bond motifs is 3. The van der Waals surface area contributed by atoms with E-state index in [4.69, 9.17) is 4.74 Å². The molecule has 3 aliphatic carbocycles. The Hall–Kier alpha value is -3.61. The highest BCUT2D eigenvalue weighted by molar-refractivity contribution is 5.98. The van der Waals surface area contributed by atoms with Crippen LogP contribution in [0.2, 0.25) is 0 Å². The smallest absolute Gasteiger partial charge is 0.407 e. The summed E-state index contributed by atoms with van der Waals surface area (Å²) in [5.74, 6) is -1.27. The Morgan fingerprint density at radius 1 is 1.06 bits per heavy atom. The van der Waals surface area contributed by atoms with Crippen molar-refractivity contribution < 1.29 is 24.2 Å². The van der Waals surface area contributed by atoms with Crippen LogP contribution in [0.3, 0.4) is 0 Å². The van der Waals surface area contributed by atoms with E-state index < -0.39 is 17.6 Å². The van der Waals surface area contributed by atoms with Crippen LogP contribution in [0.4, 0.5) is 4.79 Å². The summed E-state index contributed by atoms with van der Waals surface area (Å²) in [6.07, 6.45) is 3.09. The molecular weight excluding hydrogens is 420 g/mol. The molecule has 2 N–H and O–H groups in total. The van der Waals surface area contributed by atoms with Crippen LogP contribution in [0.5, 0.6) is 0 Å². The second-order valence-corrected chi connectivity index (χ2v) is 9.04. The highest BCUT2D eigenvalue weighted by Crippen LogP contribution is 2.44. The highest BCUT2D eigenvalue weighted by Gasteiger charge is 2.56. The van der Waals surface area contributed by atoms with Gasteiger partial charge in [-0.1, -0.05) is 54.6 Å². The lowest BCUT2D eigenvalue weighted by atomic mass is 9.98. The van der Waals surface area contributed by atoms with Crippen LogP contribution in [0, 0.1) is 0 Å². The molecule has 170 valence electrons. The Morgan fingerprint density at radius 2 is 1.67 bits per heavy atom. The van der Waals surface area contributed by atoms with E-state index in [2.05, 4.69) is 29.6 Å². The Balaban J connectivity index is 1.16. The SMILES string of the molecule is CN(C(=O)C1=CCC(NC(=O)OCC2c3ccccc3-c3ccccc32)C1)C1(C(=O)O)CC1.